The van der Waals surface area contributed by atoms with Crippen LogP contribution in [0.4, 0.5) is 4.39 Å². The third-order valence-corrected chi connectivity index (χ3v) is 4.63. The summed E-state index contributed by atoms with van der Waals surface area (Å²) in [5.74, 6) is -2.23. The summed E-state index contributed by atoms with van der Waals surface area (Å²) in [6, 6.07) is 12.0. The number of aliphatic hydroxyl groups excluding tert-OH is 1. The van der Waals surface area contributed by atoms with Gasteiger partial charge in [0.2, 0.25) is 0 Å². The number of benzene rings is 2. The number of nitrogens with zero attached hydrogens (tertiary/aromatic N) is 1. The van der Waals surface area contributed by atoms with Crippen molar-refractivity contribution in [1.82, 2.24) is 4.90 Å². The normalized spacial score (nSPS) is 19.1. The number of aryl methyl sites for hydroxylation is 1. The zero-order valence-corrected chi connectivity index (χ0v) is 15.6. The Morgan fingerprint density at radius 2 is 1.74 bits per heavy atom. The summed E-state index contributed by atoms with van der Waals surface area (Å²) in [6.07, 6.45) is 0. The van der Waals surface area contributed by atoms with Crippen LogP contribution in [0.2, 0.25) is 0 Å². The van der Waals surface area contributed by atoms with E-state index in [0.717, 1.165) is 5.56 Å². The summed E-state index contributed by atoms with van der Waals surface area (Å²) in [5, 5.41) is 10.8. The predicted molar refractivity (Wildman–Crippen MR) is 101 cm³/mol. The Morgan fingerprint density at radius 3 is 2.33 bits per heavy atom. The van der Waals surface area contributed by atoms with E-state index in [1.54, 1.807) is 42.5 Å². The number of halogens is 1. The van der Waals surface area contributed by atoms with Crippen LogP contribution in [0, 0.1) is 18.7 Å². The smallest absolute Gasteiger partial charge is 0.295 e. The van der Waals surface area contributed by atoms with E-state index in [2.05, 4.69) is 0 Å². The number of carbonyl (C=O) groups excluding carboxylic acids is 2. The average molecular weight is 367 g/mol. The molecule has 4 nitrogen and oxygen atoms in total. The molecule has 0 bridgehead atoms. The van der Waals surface area contributed by atoms with Crippen LogP contribution in [-0.4, -0.2) is 28.2 Å². The Balaban J connectivity index is 2.21. The first kappa shape index (κ1) is 18.8. The molecule has 140 valence electrons. The van der Waals surface area contributed by atoms with Crippen molar-refractivity contribution in [2.75, 3.05) is 6.54 Å². The highest BCUT2D eigenvalue weighted by molar-refractivity contribution is 6.46. The predicted octanol–water partition coefficient (Wildman–Crippen LogP) is 4.21. The molecule has 0 radical (unpaired) electrons. The van der Waals surface area contributed by atoms with Gasteiger partial charge < -0.3 is 10.0 Å². The molecule has 1 aliphatic rings. The molecule has 1 atom stereocenters. The highest BCUT2D eigenvalue weighted by Crippen LogP contribution is 2.40. The van der Waals surface area contributed by atoms with E-state index >= 15 is 0 Å². The number of carbonyl (C=O) groups is 2. The number of likely N-dealkylation sites (tertiary alicyclic amines) is 1. The van der Waals surface area contributed by atoms with Gasteiger partial charge in [0.1, 0.15) is 11.6 Å². The fourth-order valence-electron chi connectivity index (χ4n) is 3.35. The Morgan fingerprint density at radius 1 is 1.11 bits per heavy atom. The molecule has 2 aromatic carbocycles. The lowest BCUT2D eigenvalue weighted by Gasteiger charge is -2.27. The van der Waals surface area contributed by atoms with Crippen LogP contribution in [0.3, 0.4) is 0 Å². The molecule has 1 heterocycles. The summed E-state index contributed by atoms with van der Waals surface area (Å²) in [6.45, 7) is 6.02. The summed E-state index contributed by atoms with van der Waals surface area (Å²) in [7, 11) is 0. The van der Waals surface area contributed by atoms with Gasteiger partial charge in [-0.15, -0.1) is 0 Å². The average Bonchev–Trinajstić information content (AvgIpc) is 2.86. The van der Waals surface area contributed by atoms with Gasteiger partial charge in [0.05, 0.1) is 11.6 Å². The molecular formula is C22H22FNO3. The van der Waals surface area contributed by atoms with Gasteiger partial charge in [-0.05, 0) is 18.9 Å². The first-order chi connectivity index (χ1) is 12.8. The molecule has 2 aromatic rings. The maximum absolute atomic E-state index is 14.5. The molecule has 27 heavy (non-hydrogen) atoms. The van der Waals surface area contributed by atoms with Crippen LogP contribution < -0.4 is 0 Å². The van der Waals surface area contributed by atoms with E-state index in [0.29, 0.717) is 5.56 Å². The summed E-state index contributed by atoms with van der Waals surface area (Å²) in [4.78, 5) is 26.7. The lowest BCUT2D eigenvalue weighted by molar-refractivity contribution is -0.140. The Kier molecular flexibility index (Phi) is 5.13. The number of hydrogen-bond acceptors (Lipinski definition) is 3. The van der Waals surface area contributed by atoms with E-state index in [1.807, 2.05) is 20.8 Å². The van der Waals surface area contributed by atoms with Gasteiger partial charge in [0.15, 0.2) is 0 Å². The molecule has 1 aliphatic heterocycles. The lowest BCUT2D eigenvalue weighted by Crippen LogP contribution is -2.33. The minimum absolute atomic E-state index is 0.0744. The van der Waals surface area contributed by atoms with Crippen molar-refractivity contribution in [2.24, 2.45) is 5.92 Å². The number of aliphatic hydroxyl groups is 1. The molecule has 1 fully saturated rings. The van der Waals surface area contributed by atoms with Crippen LogP contribution >= 0.6 is 0 Å². The fraction of sp³-hybridized carbons (Fsp3) is 0.273. The van der Waals surface area contributed by atoms with Crippen molar-refractivity contribution in [1.29, 1.82) is 0 Å². The van der Waals surface area contributed by atoms with Gasteiger partial charge >= 0.3 is 0 Å². The van der Waals surface area contributed by atoms with Crippen molar-refractivity contribution >= 4 is 17.4 Å². The zero-order chi connectivity index (χ0) is 19.7. The van der Waals surface area contributed by atoms with Gasteiger partial charge in [-0.1, -0.05) is 61.9 Å². The highest BCUT2D eigenvalue weighted by atomic mass is 19.1. The maximum atomic E-state index is 14.5. The molecule has 3 rings (SSSR count). The zero-order valence-electron chi connectivity index (χ0n) is 15.6. The minimum Gasteiger partial charge on any atom is -0.507 e. The van der Waals surface area contributed by atoms with Gasteiger partial charge in [0, 0.05) is 17.7 Å². The van der Waals surface area contributed by atoms with Crippen molar-refractivity contribution < 1.29 is 19.1 Å². The molecule has 0 unspecified atom stereocenters. The fourth-order valence-corrected chi connectivity index (χ4v) is 3.35. The molecule has 1 N–H and O–H groups in total. The van der Waals surface area contributed by atoms with E-state index in [9.17, 15) is 19.1 Å². The van der Waals surface area contributed by atoms with Crippen LogP contribution in [0.5, 0.6) is 0 Å². The summed E-state index contributed by atoms with van der Waals surface area (Å²) in [5.41, 5.74) is 1.54. The second-order valence-electron chi connectivity index (χ2n) is 7.23. The van der Waals surface area contributed by atoms with E-state index in [-0.39, 0.29) is 29.4 Å². The topological polar surface area (TPSA) is 57.6 Å². The molecular weight excluding hydrogens is 345 g/mol. The van der Waals surface area contributed by atoms with Crippen LogP contribution in [0.15, 0.2) is 54.1 Å². The number of rotatable bonds is 4. The molecule has 0 aromatic heterocycles. The Hall–Kier alpha value is -2.95. The van der Waals surface area contributed by atoms with Crippen molar-refractivity contribution in [3.63, 3.8) is 0 Å². The summed E-state index contributed by atoms with van der Waals surface area (Å²) < 4.78 is 14.5. The standard InChI is InChI=1S/C22H22FNO3/c1-13(2)12-24-19(16-6-4-5-7-17(16)23)18(21(26)22(24)27)20(25)15-10-8-14(3)9-11-15/h4-11,13,19,25H,12H2,1-3H3/t19-/m0/s1. The second kappa shape index (κ2) is 7.35. The molecule has 1 amide bonds. The highest BCUT2D eigenvalue weighted by Gasteiger charge is 2.46. The van der Waals surface area contributed by atoms with Crippen LogP contribution in [0.1, 0.15) is 36.6 Å². The molecule has 5 heteroatoms. The Bertz CT molecular complexity index is 915. The van der Waals surface area contributed by atoms with Crippen molar-refractivity contribution in [2.45, 2.75) is 26.8 Å². The number of ketones is 1. The van der Waals surface area contributed by atoms with Crippen molar-refractivity contribution in [3.05, 3.63) is 76.6 Å². The first-order valence-corrected chi connectivity index (χ1v) is 8.91. The summed E-state index contributed by atoms with van der Waals surface area (Å²) >= 11 is 0. The van der Waals surface area contributed by atoms with Crippen LogP contribution in [0.25, 0.3) is 5.76 Å². The lowest BCUT2D eigenvalue weighted by atomic mass is 9.94. The molecule has 0 aliphatic carbocycles. The van der Waals surface area contributed by atoms with Gasteiger partial charge in [-0.3, -0.25) is 9.59 Å². The Labute approximate surface area is 157 Å². The molecule has 0 saturated carbocycles. The van der Waals surface area contributed by atoms with E-state index in [4.69, 9.17) is 0 Å². The molecule has 1 saturated heterocycles. The second-order valence-corrected chi connectivity index (χ2v) is 7.23. The van der Waals surface area contributed by atoms with E-state index < -0.39 is 23.5 Å². The van der Waals surface area contributed by atoms with Gasteiger partial charge in [0.25, 0.3) is 11.7 Å². The maximum Gasteiger partial charge on any atom is 0.295 e. The largest absolute Gasteiger partial charge is 0.507 e. The number of Topliss-reactive ketones (excluding diaryl/α,β-unsaturated/α-hetero) is 1. The van der Waals surface area contributed by atoms with Crippen molar-refractivity contribution in [3.8, 4) is 0 Å². The minimum atomic E-state index is -0.949. The third-order valence-electron chi connectivity index (χ3n) is 4.63. The SMILES string of the molecule is Cc1ccc(C(O)=C2C(=O)C(=O)N(CC(C)C)[C@H]2c2ccccc2F)cc1. The van der Waals surface area contributed by atoms with Gasteiger partial charge in [-0.2, -0.15) is 0 Å². The first-order valence-electron chi connectivity index (χ1n) is 8.91. The van der Waals surface area contributed by atoms with E-state index in [1.165, 1.54) is 11.0 Å². The number of amides is 1. The van der Waals surface area contributed by atoms with Crippen LogP contribution in [-0.2, 0) is 9.59 Å². The monoisotopic (exact) mass is 367 g/mol. The third kappa shape index (κ3) is 3.50. The quantitative estimate of drug-likeness (QED) is 0.500. The number of hydrogen-bond donors (Lipinski definition) is 1. The van der Waals surface area contributed by atoms with Gasteiger partial charge in [-0.25, -0.2) is 4.39 Å². The molecule has 0 spiro atoms.